The van der Waals surface area contributed by atoms with Crippen molar-refractivity contribution in [1.29, 1.82) is 0 Å². The van der Waals surface area contributed by atoms with Crippen LogP contribution in [0.3, 0.4) is 0 Å². The molecule has 0 saturated carbocycles. The van der Waals surface area contributed by atoms with Crippen molar-refractivity contribution in [2.75, 3.05) is 0 Å². The molecule has 0 atom stereocenters. The molecule has 7 nitrogen and oxygen atoms in total. The number of aromatic hydroxyl groups is 2. The second kappa shape index (κ2) is 7.87. The molecule has 0 aliphatic carbocycles. The minimum Gasteiger partial charge on any atom is -0.506 e. The second-order valence-electron chi connectivity index (χ2n) is 6.12. The Morgan fingerprint density at radius 1 is 0.690 bits per heavy atom. The summed E-state index contributed by atoms with van der Waals surface area (Å²) in [6, 6.07) is 17.8. The quantitative estimate of drug-likeness (QED) is 0.224. The van der Waals surface area contributed by atoms with Gasteiger partial charge in [-0.05, 0) is 11.5 Å². The van der Waals surface area contributed by atoms with Gasteiger partial charge in [0, 0.05) is 41.7 Å². The van der Waals surface area contributed by atoms with Gasteiger partial charge in [0.15, 0.2) is 0 Å². The first-order chi connectivity index (χ1) is 13.4. The van der Waals surface area contributed by atoms with Gasteiger partial charge in [-0.1, -0.05) is 54.6 Å². The maximum atomic E-state index is 11.6. The molecule has 0 unspecified atom stereocenters. The minimum absolute atomic E-state index is 0. The van der Waals surface area contributed by atoms with Crippen molar-refractivity contribution < 1.29 is 42.7 Å². The summed E-state index contributed by atoms with van der Waals surface area (Å²) in [6.07, 6.45) is 0. The van der Waals surface area contributed by atoms with Crippen LogP contribution < -0.4 is 0 Å². The third kappa shape index (κ3) is 3.85. The van der Waals surface area contributed by atoms with Crippen LogP contribution in [0.15, 0.2) is 81.9 Å². The van der Waals surface area contributed by atoms with E-state index in [1.165, 1.54) is 12.1 Å². The van der Waals surface area contributed by atoms with E-state index in [1.54, 1.807) is 36.4 Å². The average Bonchev–Trinajstić information content (AvgIpc) is 2.67. The van der Waals surface area contributed by atoms with Gasteiger partial charge in [-0.3, -0.25) is 4.55 Å². The summed E-state index contributed by atoms with van der Waals surface area (Å²) in [5.74, 6) is -0.546. The van der Waals surface area contributed by atoms with E-state index in [0.29, 0.717) is 10.8 Å². The Hall–Kier alpha value is -2.87. The molecular formula is C20H14N2O5SZn. The molecule has 142 valence electrons. The third-order valence-corrected chi connectivity index (χ3v) is 5.26. The van der Waals surface area contributed by atoms with Crippen LogP contribution in [0.2, 0.25) is 0 Å². The van der Waals surface area contributed by atoms with Crippen molar-refractivity contribution in [3.8, 4) is 11.5 Å². The number of nitrogens with zero attached hydrogens (tertiary/aromatic N) is 2. The summed E-state index contributed by atoms with van der Waals surface area (Å²) >= 11 is 0. The molecule has 9 heteroatoms. The van der Waals surface area contributed by atoms with E-state index in [2.05, 4.69) is 10.2 Å². The van der Waals surface area contributed by atoms with Gasteiger partial charge in [-0.25, -0.2) is 0 Å². The number of phenols is 2. The van der Waals surface area contributed by atoms with Crippen LogP contribution in [-0.4, -0.2) is 23.2 Å². The number of fused-ring (bicyclic) bond motifs is 2. The molecule has 29 heavy (non-hydrogen) atoms. The molecule has 0 fully saturated rings. The van der Waals surface area contributed by atoms with Crippen molar-refractivity contribution in [3.63, 3.8) is 0 Å². The molecule has 0 saturated heterocycles. The molecule has 0 aliphatic heterocycles. The summed E-state index contributed by atoms with van der Waals surface area (Å²) in [4.78, 5) is -0.424. The minimum atomic E-state index is -4.54. The summed E-state index contributed by atoms with van der Waals surface area (Å²) < 4.78 is 32.7. The number of phenolic OH excluding ortho intramolecular Hbond substituents is 2. The van der Waals surface area contributed by atoms with E-state index in [1.807, 2.05) is 12.1 Å². The van der Waals surface area contributed by atoms with Gasteiger partial charge in [0.1, 0.15) is 27.8 Å². The Balaban J connectivity index is 0.00000240. The van der Waals surface area contributed by atoms with E-state index in [9.17, 15) is 23.2 Å². The Kier molecular flexibility index (Phi) is 5.66. The molecule has 4 aromatic rings. The molecule has 0 aliphatic rings. The normalized spacial score (nSPS) is 11.8. The first-order valence-corrected chi connectivity index (χ1v) is 9.65. The molecule has 0 heterocycles. The Morgan fingerprint density at radius 2 is 1.24 bits per heavy atom. The molecule has 4 rings (SSSR count). The Bertz CT molecular complexity index is 1370. The van der Waals surface area contributed by atoms with E-state index in [0.717, 1.165) is 11.5 Å². The Morgan fingerprint density at radius 3 is 1.90 bits per heavy atom. The molecule has 0 amide bonds. The van der Waals surface area contributed by atoms with E-state index < -0.39 is 20.8 Å². The fraction of sp³-hybridized carbons (Fsp3) is 0. The van der Waals surface area contributed by atoms with E-state index in [-0.39, 0.29) is 42.0 Å². The smallest absolute Gasteiger partial charge is 0.295 e. The molecule has 0 aromatic heterocycles. The van der Waals surface area contributed by atoms with Crippen LogP contribution >= 0.6 is 0 Å². The van der Waals surface area contributed by atoms with Gasteiger partial charge in [0.25, 0.3) is 10.1 Å². The van der Waals surface area contributed by atoms with Gasteiger partial charge in [0.05, 0.1) is 0 Å². The van der Waals surface area contributed by atoms with E-state index >= 15 is 0 Å². The summed E-state index contributed by atoms with van der Waals surface area (Å²) in [7, 11) is -4.54. The van der Waals surface area contributed by atoms with Crippen molar-refractivity contribution in [1.82, 2.24) is 0 Å². The third-order valence-electron chi connectivity index (χ3n) is 4.37. The van der Waals surface area contributed by atoms with E-state index in [4.69, 9.17) is 0 Å². The van der Waals surface area contributed by atoms with Crippen LogP contribution in [0.1, 0.15) is 0 Å². The van der Waals surface area contributed by atoms with Crippen LogP contribution in [0.4, 0.5) is 11.4 Å². The molecule has 0 bridgehead atoms. The Labute approximate surface area is 178 Å². The topological polar surface area (TPSA) is 120 Å². The number of azo groups is 1. The molecular weight excluding hydrogens is 446 g/mol. The zero-order valence-corrected chi connectivity index (χ0v) is 18.8. The first-order valence-electron chi connectivity index (χ1n) is 8.21. The fourth-order valence-electron chi connectivity index (χ4n) is 3.08. The number of hydrogen-bond donors (Lipinski definition) is 3. The van der Waals surface area contributed by atoms with Crippen molar-refractivity contribution in [2.45, 2.75) is 4.90 Å². The molecule has 0 spiro atoms. The van der Waals surface area contributed by atoms with Gasteiger partial charge < -0.3 is 10.2 Å². The number of hydrogen-bond acceptors (Lipinski definition) is 6. The van der Waals surface area contributed by atoms with Crippen molar-refractivity contribution >= 4 is 43.0 Å². The molecule has 4 aromatic carbocycles. The van der Waals surface area contributed by atoms with Crippen LogP contribution in [0, 0.1) is 0 Å². The SMILES string of the molecule is O=S(=O)(O)c1cc(O)c(N=Nc2c(O)ccc3ccccc23)c2ccccc12.[Zn]. The van der Waals surface area contributed by atoms with Gasteiger partial charge in [0.2, 0.25) is 0 Å². The van der Waals surface area contributed by atoms with Gasteiger partial charge >= 0.3 is 0 Å². The van der Waals surface area contributed by atoms with Crippen molar-refractivity contribution in [3.05, 3.63) is 66.7 Å². The van der Waals surface area contributed by atoms with Gasteiger partial charge in [-0.2, -0.15) is 8.42 Å². The number of rotatable bonds is 3. The largest absolute Gasteiger partial charge is 0.506 e. The monoisotopic (exact) mass is 458 g/mol. The second-order valence-corrected chi connectivity index (χ2v) is 7.51. The fourth-order valence-corrected chi connectivity index (χ4v) is 3.80. The standard InChI is InChI=1S/C20H14N2O5S.Zn/c23-16-10-9-12-5-1-2-6-13(12)19(16)21-22-20-15-8-4-3-7-14(15)18(11-17(20)24)28(25,26)27;/h1-11,23-24H,(H,25,26,27);. The summed E-state index contributed by atoms with van der Waals surface area (Å²) in [5.41, 5.74) is 0.246. The predicted octanol–water partition coefficient (Wildman–Crippen LogP) is 5.06. The van der Waals surface area contributed by atoms with Crippen LogP contribution in [0.5, 0.6) is 11.5 Å². The zero-order valence-electron chi connectivity index (χ0n) is 15.0. The summed E-state index contributed by atoms with van der Waals surface area (Å²) in [5, 5.41) is 30.7. The van der Waals surface area contributed by atoms with Crippen molar-refractivity contribution in [2.24, 2.45) is 10.2 Å². The molecule has 0 radical (unpaired) electrons. The zero-order chi connectivity index (χ0) is 19.9. The summed E-state index contributed by atoms with van der Waals surface area (Å²) in [6.45, 7) is 0. The average molecular weight is 460 g/mol. The van der Waals surface area contributed by atoms with Crippen LogP contribution in [-0.2, 0) is 29.6 Å². The first kappa shape index (κ1) is 20.9. The maximum Gasteiger partial charge on any atom is 0.295 e. The maximum absolute atomic E-state index is 11.6. The predicted molar refractivity (Wildman–Crippen MR) is 105 cm³/mol. The molecule has 3 N–H and O–H groups in total. The van der Waals surface area contributed by atoms with Crippen LogP contribution in [0.25, 0.3) is 21.5 Å². The van der Waals surface area contributed by atoms with Gasteiger partial charge in [-0.15, -0.1) is 10.2 Å². The number of benzene rings is 4.